The number of aryl methyl sites for hydroxylation is 1. The summed E-state index contributed by atoms with van der Waals surface area (Å²) in [6.45, 7) is 4.13. The number of nitrogens with zero attached hydrogens (tertiary/aromatic N) is 2. The summed E-state index contributed by atoms with van der Waals surface area (Å²) in [5.41, 5.74) is 1.43. The molecule has 0 aromatic carbocycles. The van der Waals surface area contributed by atoms with Gasteiger partial charge in [0.1, 0.15) is 5.69 Å². The number of carboxylic acids is 1. The van der Waals surface area contributed by atoms with E-state index in [0.717, 1.165) is 12.1 Å². The molecule has 0 radical (unpaired) electrons. The molecule has 1 aromatic heterocycles. The predicted octanol–water partition coefficient (Wildman–Crippen LogP) is 3.48. The fourth-order valence-corrected chi connectivity index (χ4v) is 3.76. The first-order chi connectivity index (χ1) is 11.9. The number of amides is 1. The molecule has 1 aliphatic rings. The number of nitrogens with one attached hydrogen (secondary N) is 1. The number of aromatic nitrogens is 2. The quantitative estimate of drug-likeness (QED) is 0.752. The van der Waals surface area contributed by atoms with Gasteiger partial charge in [-0.3, -0.25) is 14.3 Å². The summed E-state index contributed by atoms with van der Waals surface area (Å²) in [4.78, 5) is 23.5. The SMILES string of the molecule is CC(C)c1cc(C(=O)NC(CCC(=O)O)CC2CCCCC2)nn1C. The predicted molar refractivity (Wildman–Crippen MR) is 96.6 cm³/mol. The van der Waals surface area contributed by atoms with Crippen LogP contribution in [-0.2, 0) is 11.8 Å². The molecule has 6 nitrogen and oxygen atoms in total. The lowest BCUT2D eigenvalue weighted by molar-refractivity contribution is -0.137. The Balaban J connectivity index is 2.01. The van der Waals surface area contributed by atoms with Crippen molar-refractivity contribution in [1.82, 2.24) is 15.1 Å². The number of aliphatic carboxylic acids is 1. The lowest BCUT2D eigenvalue weighted by atomic mass is 9.84. The molecule has 6 heteroatoms. The molecule has 1 aromatic rings. The average Bonchev–Trinajstić information content (AvgIpc) is 2.96. The molecule has 0 spiro atoms. The number of hydrogen-bond acceptors (Lipinski definition) is 3. The minimum absolute atomic E-state index is 0.0805. The summed E-state index contributed by atoms with van der Waals surface area (Å²) >= 11 is 0. The number of carbonyl (C=O) groups excluding carboxylic acids is 1. The molecule has 1 aliphatic carbocycles. The Hall–Kier alpha value is -1.85. The lowest BCUT2D eigenvalue weighted by Gasteiger charge is -2.26. The zero-order chi connectivity index (χ0) is 18.4. The van der Waals surface area contributed by atoms with Crippen LogP contribution >= 0.6 is 0 Å². The molecule has 0 bridgehead atoms. The summed E-state index contributed by atoms with van der Waals surface area (Å²) in [6.07, 6.45) is 7.54. The smallest absolute Gasteiger partial charge is 0.303 e. The molecule has 25 heavy (non-hydrogen) atoms. The van der Waals surface area contributed by atoms with Crippen LogP contribution in [0.1, 0.15) is 87.3 Å². The topological polar surface area (TPSA) is 84.2 Å². The van der Waals surface area contributed by atoms with Gasteiger partial charge < -0.3 is 10.4 Å². The van der Waals surface area contributed by atoms with Gasteiger partial charge in [-0.15, -0.1) is 0 Å². The second kappa shape index (κ2) is 9.02. The highest BCUT2D eigenvalue weighted by Crippen LogP contribution is 2.28. The van der Waals surface area contributed by atoms with Gasteiger partial charge >= 0.3 is 5.97 Å². The molecule has 1 atom stereocenters. The highest BCUT2D eigenvalue weighted by molar-refractivity contribution is 5.92. The van der Waals surface area contributed by atoms with Gasteiger partial charge in [0.2, 0.25) is 0 Å². The standard InChI is InChI=1S/C19H31N3O3/c1-13(2)17-12-16(21-22(17)3)19(25)20-15(9-10-18(23)24)11-14-7-5-4-6-8-14/h12-15H,4-11H2,1-3H3,(H,20,25)(H,23,24). The van der Waals surface area contributed by atoms with Crippen LogP contribution in [0.25, 0.3) is 0 Å². The summed E-state index contributed by atoms with van der Waals surface area (Å²) in [5, 5.41) is 16.3. The second-order valence-electron chi connectivity index (χ2n) is 7.58. The van der Waals surface area contributed by atoms with Crippen LogP contribution in [0.5, 0.6) is 0 Å². The Morgan fingerprint density at radius 3 is 2.56 bits per heavy atom. The van der Waals surface area contributed by atoms with Gasteiger partial charge in [0, 0.05) is 25.2 Å². The van der Waals surface area contributed by atoms with Crippen molar-refractivity contribution in [2.75, 3.05) is 0 Å². The second-order valence-corrected chi connectivity index (χ2v) is 7.58. The van der Waals surface area contributed by atoms with Crippen LogP contribution in [0.15, 0.2) is 6.07 Å². The zero-order valence-electron chi connectivity index (χ0n) is 15.6. The first kappa shape index (κ1) is 19.5. The number of rotatable bonds is 8. The summed E-state index contributed by atoms with van der Waals surface area (Å²) in [5.74, 6) is -0.136. The third-order valence-corrected chi connectivity index (χ3v) is 5.12. The van der Waals surface area contributed by atoms with Gasteiger partial charge in [-0.2, -0.15) is 5.10 Å². The molecule has 1 fully saturated rings. The van der Waals surface area contributed by atoms with Gasteiger partial charge in [0.25, 0.3) is 5.91 Å². The molecule has 1 amide bonds. The minimum Gasteiger partial charge on any atom is -0.481 e. The van der Waals surface area contributed by atoms with Crippen molar-refractivity contribution in [3.8, 4) is 0 Å². The van der Waals surface area contributed by atoms with E-state index in [1.807, 2.05) is 13.1 Å². The van der Waals surface area contributed by atoms with Crippen molar-refractivity contribution in [3.05, 3.63) is 17.5 Å². The van der Waals surface area contributed by atoms with Gasteiger partial charge in [0.15, 0.2) is 0 Å². The maximum absolute atomic E-state index is 12.6. The van der Waals surface area contributed by atoms with Gasteiger partial charge in [-0.1, -0.05) is 46.0 Å². The van der Waals surface area contributed by atoms with Crippen LogP contribution in [0, 0.1) is 5.92 Å². The van der Waals surface area contributed by atoms with Crippen LogP contribution in [0.4, 0.5) is 0 Å². The fourth-order valence-electron chi connectivity index (χ4n) is 3.76. The van der Waals surface area contributed by atoms with Crippen molar-refractivity contribution in [3.63, 3.8) is 0 Å². The van der Waals surface area contributed by atoms with E-state index in [0.29, 0.717) is 24.0 Å². The molecule has 140 valence electrons. The maximum Gasteiger partial charge on any atom is 0.303 e. The van der Waals surface area contributed by atoms with Crippen LogP contribution in [-0.4, -0.2) is 32.8 Å². The molecule has 0 saturated heterocycles. The Kier molecular flexibility index (Phi) is 7.02. The van der Waals surface area contributed by atoms with E-state index in [1.54, 1.807) is 4.68 Å². The number of carbonyl (C=O) groups is 2. The van der Waals surface area contributed by atoms with E-state index in [1.165, 1.54) is 32.1 Å². The van der Waals surface area contributed by atoms with Crippen LogP contribution in [0.3, 0.4) is 0 Å². The van der Waals surface area contributed by atoms with Crippen molar-refractivity contribution in [2.24, 2.45) is 13.0 Å². The van der Waals surface area contributed by atoms with Crippen LogP contribution < -0.4 is 5.32 Å². The van der Waals surface area contributed by atoms with Crippen molar-refractivity contribution >= 4 is 11.9 Å². The Bertz CT molecular complexity index is 589. The first-order valence-electron chi connectivity index (χ1n) is 9.43. The normalized spacial score (nSPS) is 16.8. The molecule has 0 aliphatic heterocycles. The van der Waals surface area contributed by atoms with E-state index < -0.39 is 5.97 Å². The molecular formula is C19H31N3O3. The van der Waals surface area contributed by atoms with E-state index >= 15 is 0 Å². The lowest BCUT2D eigenvalue weighted by Crippen LogP contribution is -2.37. The van der Waals surface area contributed by atoms with Gasteiger partial charge in [0.05, 0.1) is 0 Å². The zero-order valence-corrected chi connectivity index (χ0v) is 15.6. The largest absolute Gasteiger partial charge is 0.481 e. The third kappa shape index (κ3) is 5.87. The average molecular weight is 349 g/mol. The van der Waals surface area contributed by atoms with Crippen molar-refractivity contribution in [1.29, 1.82) is 0 Å². The highest BCUT2D eigenvalue weighted by Gasteiger charge is 2.23. The Labute approximate surface area is 150 Å². The Morgan fingerprint density at radius 2 is 2.00 bits per heavy atom. The summed E-state index contributed by atoms with van der Waals surface area (Å²) in [7, 11) is 1.84. The van der Waals surface area contributed by atoms with Crippen molar-refractivity contribution < 1.29 is 14.7 Å². The maximum atomic E-state index is 12.6. The first-order valence-corrected chi connectivity index (χ1v) is 9.43. The van der Waals surface area contributed by atoms with E-state index in [4.69, 9.17) is 5.11 Å². The van der Waals surface area contributed by atoms with Gasteiger partial charge in [-0.25, -0.2) is 0 Å². The number of carboxylic acid groups (broad SMARTS) is 1. The Morgan fingerprint density at radius 1 is 1.32 bits per heavy atom. The van der Waals surface area contributed by atoms with Crippen molar-refractivity contribution in [2.45, 2.75) is 77.2 Å². The summed E-state index contributed by atoms with van der Waals surface area (Å²) < 4.78 is 1.74. The third-order valence-electron chi connectivity index (χ3n) is 5.12. The van der Waals surface area contributed by atoms with Gasteiger partial charge in [-0.05, 0) is 30.7 Å². The van der Waals surface area contributed by atoms with E-state index in [2.05, 4.69) is 24.3 Å². The molecule has 1 unspecified atom stereocenters. The molecular weight excluding hydrogens is 318 g/mol. The van der Waals surface area contributed by atoms with E-state index in [9.17, 15) is 9.59 Å². The highest BCUT2D eigenvalue weighted by atomic mass is 16.4. The minimum atomic E-state index is -0.817. The molecule has 2 rings (SSSR count). The summed E-state index contributed by atoms with van der Waals surface area (Å²) in [6, 6.07) is 1.73. The monoisotopic (exact) mass is 349 g/mol. The molecule has 1 saturated carbocycles. The fraction of sp³-hybridized carbons (Fsp3) is 0.737. The van der Waals surface area contributed by atoms with E-state index in [-0.39, 0.29) is 18.4 Å². The van der Waals surface area contributed by atoms with Crippen LogP contribution in [0.2, 0.25) is 0 Å². The number of hydrogen-bond donors (Lipinski definition) is 2. The molecule has 2 N–H and O–H groups in total. The molecule has 1 heterocycles.